The van der Waals surface area contributed by atoms with Crippen molar-refractivity contribution in [3.05, 3.63) is 29.8 Å². The molecule has 1 aromatic rings. The first kappa shape index (κ1) is 15.5. The minimum atomic E-state index is -4.38. The monoisotopic (exact) mass is 274 g/mol. The molecule has 0 aliphatic carbocycles. The van der Waals surface area contributed by atoms with E-state index in [-0.39, 0.29) is 5.92 Å². The Labute approximate surface area is 110 Å². The molecule has 0 bridgehead atoms. The van der Waals surface area contributed by atoms with Crippen LogP contribution in [0.15, 0.2) is 24.3 Å². The van der Waals surface area contributed by atoms with Gasteiger partial charge in [-0.3, -0.25) is 4.79 Å². The van der Waals surface area contributed by atoms with Gasteiger partial charge < -0.3 is 11.1 Å². The summed E-state index contributed by atoms with van der Waals surface area (Å²) in [5.41, 5.74) is 5.22. The Morgan fingerprint density at radius 3 is 2.21 bits per heavy atom. The van der Waals surface area contributed by atoms with Gasteiger partial charge in [0.1, 0.15) is 0 Å². The fourth-order valence-corrected chi connectivity index (χ4v) is 1.59. The van der Waals surface area contributed by atoms with Crippen LogP contribution in [0.1, 0.15) is 25.8 Å². The lowest BCUT2D eigenvalue weighted by molar-refractivity contribution is -0.137. The summed E-state index contributed by atoms with van der Waals surface area (Å²) in [6.45, 7) is 3.87. The Kier molecular flexibility index (Phi) is 4.94. The van der Waals surface area contributed by atoms with E-state index in [2.05, 4.69) is 5.32 Å². The number of rotatable bonds is 4. The number of amides is 1. The third kappa shape index (κ3) is 4.90. The van der Waals surface area contributed by atoms with E-state index in [0.29, 0.717) is 12.1 Å². The summed E-state index contributed by atoms with van der Waals surface area (Å²) in [6.07, 6.45) is -3.86. The van der Waals surface area contributed by atoms with Gasteiger partial charge in [-0.2, -0.15) is 13.2 Å². The molecule has 0 heterocycles. The average molecular weight is 274 g/mol. The number of halogens is 3. The summed E-state index contributed by atoms with van der Waals surface area (Å²) in [4.78, 5) is 11.7. The van der Waals surface area contributed by atoms with E-state index in [9.17, 15) is 18.0 Å². The number of benzene rings is 1. The molecule has 19 heavy (non-hydrogen) atoms. The molecule has 0 saturated carbocycles. The minimum Gasteiger partial charge on any atom is -0.325 e. The lowest BCUT2D eigenvalue weighted by atomic mass is 10.0. The maximum absolute atomic E-state index is 12.3. The predicted octanol–water partition coefficient (Wildman–Crippen LogP) is 3.02. The highest BCUT2D eigenvalue weighted by atomic mass is 19.4. The van der Waals surface area contributed by atoms with E-state index in [4.69, 9.17) is 5.73 Å². The summed E-state index contributed by atoms with van der Waals surface area (Å²) in [5, 5.41) is 2.49. The molecule has 0 aliphatic heterocycles. The second-order valence-electron chi connectivity index (χ2n) is 4.80. The highest BCUT2D eigenvalue weighted by Crippen LogP contribution is 2.29. The smallest absolute Gasteiger partial charge is 0.325 e. The number of alkyl halides is 3. The quantitative estimate of drug-likeness (QED) is 0.886. The van der Waals surface area contributed by atoms with Gasteiger partial charge in [0.15, 0.2) is 0 Å². The molecule has 106 valence electrons. The van der Waals surface area contributed by atoms with Crippen molar-refractivity contribution >= 4 is 11.6 Å². The highest BCUT2D eigenvalue weighted by molar-refractivity contribution is 5.94. The van der Waals surface area contributed by atoms with E-state index < -0.39 is 23.7 Å². The summed E-state index contributed by atoms with van der Waals surface area (Å²) in [7, 11) is 0. The molecule has 0 saturated heterocycles. The number of nitrogens with one attached hydrogen (secondary N) is 1. The molecule has 0 spiro atoms. The van der Waals surface area contributed by atoms with E-state index in [1.807, 2.05) is 13.8 Å². The van der Waals surface area contributed by atoms with Gasteiger partial charge in [0.25, 0.3) is 0 Å². The summed E-state index contributed by atoms with van der Waals surface area (Å²) >= 11 is 0. The van der Waals surface area contributed by atoms with E-state index in [1.165, 1.54) is 12.1 Å². The third-order valence-corrected chi connectivity index (χ3v) is 2.54. The van der Waals surface area contributed by atoms with Crippen LogP contribution in [0.5, 0.6) is 0 Å². The summed E-state index contributed by atoms with van der Waals surface area (Å²) in [5.74, 6) is -0.123. The van der Waals surface area contributed by atoms with E-state index >= 15 is 0 Å². The Hall–Kier alpha value is -1.56. The predicted molar refractivity (Wildman–Crippen MR) is 67.5 cm³/mol. The zero-order valence-corrected chi connectivity index (χ0v) is 10.8. The van der Waals surface area contributed by atoms with Crippen LogP contribution in [0.4, 0.5) is 18.9 Å². The molecule has 0 radical (unpaired) electrons. The topological polar surface area (TPSA) is 55.1 Å². The van der Waals surface area contributed by atoms with Crippen molar-refractivity contribution in [3.8, 4) is 0 Å². The molecule has 1 unspecified atom stereocenters. The molecule has 1 aromatic carbocycles. The molecule has 1 atom stereocenters. The summed E-state index contributed by atoms with van der Waals surface area (Å²) < 4.78 is 37.0. The van der Waals surface area contributed by atoms with Crippen molar-refractivity contribution in [1.29, 1.82) is 0 Å². The van der Waals surface area contributed by atoms with E-state index in [0.717, 1.165) is 12.1 Å². The van der Waals surface area contributed by atoms with Crippen LogP contribution >= 0.6 is 0 Å². The molecular formula is C13H17F3N2O. The molecule has 3 N–H and O–H groups in total. The number of hydrogen-bond donors (Lipinski definition) is 2. The first-order valence-electron chi connectivity index (χ1n) is 5.94. The maximum Gasteiger partial charge on any atom is 0.416 e. The van der Waals surface area contributed by atoms with Crippen molar-refractivity contribution in [2.45, 2.75) is 32.5 Å². The van der Waals surface area contributed by atoms with Crippen LogP contribution in [0, 0.1) is 5.92 Å². The molecule has 0 fully saturated rings. The second kappa shape index (κ2) is 6.06. The highest BCUT2D eigenvalue weighted by Gasteiger charge is 2.30. The normalized spacial score (nSPS) is 13.4. The van der Waals surface area contributed by atoms with Gasteiger partial charge in [0.2, 0.25) is 5.91 Å². The van der Waals surface area contributed by atoms with Gasteiger partial charge in [0, 0.05) is 5.69 Å². The summed E-state index contributed by atoms with van der Waals surface area (Å²) in [6, 6.07) is 3.60. The fourth-order valence-electron chi connectivity index (χ4n) is 1.59. The van der Waals surface area contributed by atoms with Crippen LogP contribution in [0.2, 0.25) is 0 Å². The Bertz CT molecular complexity index is 427. The Balaban J connectivity index is 2.66. The van der Waals surface area contributed by atoms with Crippen LogP contribution in [0.3, 0.4) is 0 Å². The van der Waals surface area contributed by atoms with E-state index in [1.54, 1.807) is 0 Å². The lowest BCUT2D eigenvalue weighted by Gasteiger charge is -2.14. The van der Waals surface area contributed by atoms with Crippen molar-refractivity contribution in [3.63, 3.8) is 0 Å². The molecular weight excluding hydrogens is 257 g/mol. The fraction of sp³-hybridized carbons (Fsp3) is 0.462. The largest absolute Gasteiger partial charge is 0.416 e. The maximum atomic E-state index is 12.3. The molecule has 0 aromatic heterocycles. The molecule has 3 nitrogen and oxygen atoms in total. The second-order valence-corrected chi connectivity index (χ2v) is 4.80. The zero-order chi connectivity index (χ0) is 14.6. The standard InChI is InChI=1S/C13H17F3N2O/c1-8(2)7-11(17)12(19)18-10-5-3-9(4-6-10)13(14,15)16/h3-6,8,11H,7,17H2,1-2H3,(H,18,19). The van der Waals surface area contributed by atoms with Gasteiger partial charge in [-0.05, 0) is 36.6 Å². The molecule has 1 rings (SSSR count). The van der Waals surface area contributed by atoms with Crippen molar-refractivity contribution in [1.82, 2.24) is 0 Å². The Morgan fingerprint density at radius 1 is 1.26 bits per heavy atom. The molecule has 0 aliphatic rings. The first-order valence-corrected chi connectivity index (χ1v) is 5.94. The SMILES string of the molecule is CC(C)CC(N)C(=O)Nc1ccc(C(F)(F)F)cc1. The van der Waals surface area contributed by atoms with Crippen LogP contribution in [-0.4, -0.2) is 11.9 Å². The number of carbonyl (C=O) groups is 1. The van der Waals surface area contributed by atoms with Crippen LogP contribution in [0.25, 0.3) is 0 Å². The number of anilines is 1. The minimum absolute atomic E-state index is 0.272. The van der Waals surface area contributed by atoms with Crippen molar-refractivity contribution in [2.75, 3.05) is 5.32 Å². The van der Waals surface area contributed by atoms with Gasteiger partial charge in [-0.1, -0.05) is 13.8 Å². The third-order valence-electron chi connectivity index (χ3n) is 2.54. The average Bonchev–Trinajstić information content (AvgIpc) is 2.27. The van der Waals surface area contributed by atoms with Gasteiger partial charge in [0.05, 0.1) is 11.6 Å². The van der Waals surface area contributed by atoms with Gasteiger partial charge in [-0.15, -0.1) is 0 Å². The van der Waals surface area contributed by atoms with Crippen LogP contribution in [-0.2, 0) is 11.0 Å². The van der Waals surface area contributed by atoms with Gasteiger partial charge >= 0.3 is 6.18 Å². The van der Waals surface area contributed by atoms with Gasteiger partial charge in [-0.25, -0.2) is 0 Å². The molecule has 6 heteroatoms. The zero-order valence-electron chi connectivity index (χ0n) is 10.8. The Morgan fingerprint density at radius 2 is 1.79 bits per heavy atom. The molecule has 1 amide bonds. The van der Waals surface area contributed by atoms with Crippen molar-refractivity contribution < 1.29 is 18.0 Å². The number of nitrogens with two attached hydrogens (primary N) is 1. The van der Waals surface area contributed by atoms with Crippen molar-refractivity contribution in [2.24, 2.45) is 11.7 Å². The lowest BCUT2D eigenvalue weighted by Crippen LogP contribution is -2.36. The first-order chi connectivity index (χ1) is 8.70. The number of carbonyl (C=O) groups excluding carboxylic acids is 1. The number of hydrogen-bond acceptors (Lipinski definition) is 2. The van der Waals surface area contributed by atoms with Crippen LogP contribution < -0.4 is 11.1 Å².